The van der Waals surface area contributed by atoms with Crippen LogP contribution in [0.5, 0.6) is 0 Å². The summed E-state index contributed by atoms with van der Waals surface area (Å²) < 4.78 is 5.79. The number of amides is 1. The molecule has 1 spiro atoms. The third kappa shape index (κ3) is 4.12. The lowest BCUT2D eigenvalue weighted by Gasteiger charge is -2.39. The number of nitrogens with zero attached hydrogens (tertiary/aromatic N) is 4. The van der Waals surface area contributed by atoms with Gasteiger partial charge in [-0.2, -0.15) is 0 Å². The van der Waals surface area contributed by atoms with Crippen LogP contribution in [0.4, 0.5) is 0 Å². The Labute approximate surface area is 182 Å². The molecular formula is C25H28N4O2. The van der Waals surface area contributed by atoms with Gasteiger partial charge in [-0.1, -0.05) is 48.5 Å². The standard InChI is InChI=1S/C25H28N4O2/c1-19-26-27-23(31-19)22-16-25(18-29(22)24(30)21-10-6-3-7-11-21)12-14-28(15-13-25)17-20-8-4-2-5-9-20/h2-11,22H,12-18H2,1H3. The largest absolute Gasteiger partial charge is 0.423 e. The number of benzene rings is 2. The molecule has 0 radical (unpaired) electrons. The average Bonchev–Trinajstić information content (AvgIpc) is 3.40. The lowest BCUT2D eigenvalue weighted by Crippen LogP contribution is -2.42. The maximum atomic E-state index is 13.4. The summed E-state index contributed by atoms with van der Waals surface area (Å²) in [5.41, 5.74) is 2.16. The number of aryl methyl sites for hydroxylation is 1. The maximum Gasteiger partial charge on any atom is 0.254 e. The fourth-order valence-corrected chi connectivity index (χ4v) is 5.07. The first-order valence-corrected chi connectivity index (χ1v) is 11.0. The van der Waals surface area contributed by atoms with Gasteiger partial charge in [0.25, 0.3) is 5.91 Å². The number of carbonyl (C=O) groups excluding carboxylic acids is 1. The molecule has 3 aromatic rings. The van der Waals surface area contributed by atoms with Crippen molar-refractivity contribution in [2.45, 2.75) is 38.8 Å². The Balaban J connectivity index is 1.34. The van der Waals surface area contributed by atoms with E-state index >= 15 is 0 Å². The third-order valence-electron chi connectivity index (χ3n) is 6.78. The second-order valence-corrected chi connectivity index (χ2v) is 8.94. The van der Waals surface area contributed by atoms with Crippen molar-refractivity contribution in [1.29, 1.82) is 0 Å². The molecule has 6 nitrogen and oxygen atoms in total. The van der Waals surface area contributed by atoms with Crippen molar-refractivity contribution in [3.8, 4) is 0 Å². The van der Waals surface area contributed by atoms with Gasteiger partial charge in [0, 0.05) is 25.6 Å². The predicted molar refractivity (Wildman–Crippen MR) is 117 cm³/mol. The number of hydrogen-bond acceptors (Lipinski definition) is 5. The molecule has 2 aliphatic heterocycles. The SMILES string of the molecule is Cc1nnc(C2CC3(CCN(Cc4ccccc4)CC3)CN2C(=O)c2ccccc2)o1. The fraction of sp³-hybridized carbons (Fsp3) is 0.400. The van der Waals surface area contributed by atoms with Crippen LogP contribution in [-0.4, -0.2) is 45.5 Å². The monoisotopic (exact) mass is 416 g/mol. The molecule has 0 N–H and O–H groups in total. The molecule has 1 unspecified atom stereocenters. The minimum Gasteiger partial charge on any atom is -0.423 e. The summed E-state index contributed by atoms with van der Waals surface area (Å²) in [6.45, 7) is 5.60. The zero-order chi connectivity index (χ0) is 21.3. The van der Waals surface area contributed by atoms with Crippen molar-refractivity contribution in [2.75, 3.05) is 19.6 Å². The van der Waals surface area contributed by atoms with E-state index in [1.54, 1.807) is 6.92 Å². The van der Waals surface area contributed by atoms with Gasteiger partial charge < -0.3 is 9.32 Å². The van der Waals surface area contributed by atoms with Crippen molar-refractivity contribution in [3.63, 3.8) is 0 Å². The van der Waals surface area contributed by atoms with Crippen LogP contribution in [0.25, 0.3) is 0 Å². The Morgan fingerprint density at radius 3 is 2.35 bits per heavy atom. The van der Waals surface area contributed by atoms with Crippen LogP contribution in [0.2, 0.25) is 0 Å². The van der Waals surface area contributed by atoms with Crippen LogP contribution in [0.1, 0.15) is 53.0 Å². The Hall–Kier alpha value is -2.99. The molecule has 2 fully saturated rings. The van der Waals surface area contributed by atoms with Gasteiger partial charge in [-0.15, -0.1) is 10.2 Å². The van der Waals surface area contributed by atoms with Gasteiger partial charge in [-0.05, 0) is 55.5 Å². The quantitative estimate of drug-likeness (QED) is 0.636. The minimum atomic E-state index is -0.158. The highest BCUT2D eigenvalue weighted by atomic mass is 16.4. The highest BCUT2D eigenvalue weighted by molar-refractivity contribution is 5.94. The lowest BCUT2D eigenvalue weighted by molar-refractivity contribution is 0.0667. The number of rotatable bonds is 4. The summed E-state index contributed by atoms with van der Waals surface area (Å²) in [5, 5.41) is 8.31. The summed E-state index contributed by atoms with van der Waals surface area (Å²) in [4.78, 5) is 17.9. The zero-order valence-corrected chi connectivity index (χ0v) is 17.9. The van der Waals surface area contributed by atoms with E-state index in [0.29, 0.717) is 17.3 Å². The molecule has 5 rings (SSSR count). The van der Waals surface area contributed by atoms with Crippen LogP contribution in [-0.2, 0) is 6.54 Å². The molecule has 2 aliphatic rings. The second-order valence-electron chi connectivity index (χ2n) is 8.94. The number of piperidine rings is 1. The van der Waals surface area contributed by atoms with Crippen molar-refractivity contribution < 1.29 is 9.21 Å². The predicted octanol–water partition coefficient (Wildman–Crippen LogP) is 4.25. The molecule has 0 aliphatic carbocycles. The van der Waals surface area contributed by atoms with E-state index in [-0.39, 0.29) is 17.4 Å². The number of aromatic nitrogens is 2. The summed E-state index contributed by atoms with van der Waals surface area (Å²) in [7, 11) is 0. The Morgan fingerprint density at radius 2 is 1.71 bits per heavy atom. The van der Waals surface area contributed by atoms with E-state index in [4.69, 9.17) is 4.42 Å². The van der Waals surface area contributed by atoms with Gasteiger partial charge in [-0.3, -0.25) is 9.69 Å². The van der Waals surface area contributed by atoms with Crippen LogP contribution >= 0.6 is 0 Å². The summed E-state index contributed by atoms with van der Waals surface area (Å²) in [5.74, 6) is 1.15. The second kappa shape index (κ2) is 8.27. The molecule has 0 saturated carbocycles. The van der Waals surface area contributed by atoms with Gasteiger partial charge in [-0.25, -0.2) is 0 Å². The molecule has 160 valence electrons. The van der Waals surface area contributed by atoms with E-state index in [9.17, 15) is 4.79 Å². The molecule has 3 heterocycles. The number of hydrogen-bond donors (Lipinski definition) is 0. The van der Waals surface area contributed by atoms with Crippen LogP contribution < -0.4 is 0 Å². The molecule has 6 heteroatoms. The minimum absolute atomic E-state index is 0.0463. The first-order chi connectivity index (χ1) is 15.1. The van der Waals surface area contributed by atoms with E-state index in [2.05, 4.69) is 45.4 Å². The molecule has 2 aromatic carbocycles. The van der Waals surface area contributed by atoms with Crippen molar-refractivity contribution in [2.24, 2.45) is 5.41 Å². The molecular weight excluding hydrogens is 388 g/mol. The topological polar surface area (TPSA) is 62.5 Å². The smallest absolute Gasteiger partial charge is 0.254 e. The van der Waals surface area contributed by atoms with Gasteiger partial charge in [0.05, 0.1) is 0 Å². The normalized spacial score (nSPS) is 20.9. The van der Waals surface area contributed by atoms with Crippen molar-refractivity contribution in [1.82, 2.24) is 20.0 Å². The van der Waals surface area contributed by atoms with E-state index < -0.39 is 0 Å². The summed E-state index contributed by atoms with van der Waals surface area (Å²) in [6.07, 6.45) is 3.02. The molecule has 0 bridgehead atoms. The van der Waals surface area contributed by atoms with Gasteiger partial charge in [0.15, 0.2) is 0 Å². The van der Waals surface area contributed by atoms with Crippen LogP contribution in [0.3, 0.4) is 0 Å². The van der Waals surface area contributed by atoms with Gasteiger partial charge in [0.2, 0.25) is 11.8 Å². The highest BCUT2D eigenvalue weighted by Gasteiger charge is 2.49. The third-order valence-corrected chi connectivity index (χ3v) is 6.78. The molecule has 1 atom stereocenters. The molecule has 1 amide bonds. The van der Waals surface area contributed by atoms with E-state index in [1.807, 2.05) is 35.2 Å². The highest BCUT2D eigenvalue weighted by Crippen LogP contribution is 2.49. The zero-order valence-electron chi connectivity index (χ0n) is 17.9. The first-order valence-electron chi connectivity index (χ1n) is 11.0. The summed E-state index contributed by atoms with van der Waals surface area (Å²) in [6, 6.07) is 20.0. The van der Waals surface area contributed by atoms with Gasteiger partial charge >= 0.3 is 0 Å². The Morgan fingerprint density at radius 1 is 1.03 bits per heavy atom. The average molecular weight is 417 g/mol. The van der Waals surface area contributed by atoms with Crippen LogP contribution in [0.15, 0.2) is 65.1 Å². The van der Waals surface area contributed by atoms with Crippen molar-refractivity contribution in [3.05, 3.63) is 83.6 Å². The number of likely N-dealkylation sites (tertiary alicyclic amines) is 2. The van der Waals surface area contributed by atoms with Crippen LogP contribution in [0, 0.1) is 12.3 Å². The van der Waals surface area contributed by atoms with E-state index in [0.717, 1.165) is 45.4 Å². The fourth-order valence-electron chi connectivity index (χ4n) is 5.07. The summed E-state index contributed by atoms with van der Waals surface area (Å²) >= 11 is 0. The van der Waals surface area contributed by atoms with Gasteiger partial charge in [0.1, 0.15) is 6.04 Å². The van der Waals surface area contributed by atoms with Crippen molar-refractivity contribution >= 4 is 5.91 Å². The van der Waals surface area contributed by atoms with E-state index in [1.165, 1.54) is 5.56 Å². The Kier molecular flexibility index (Phi) is 5.32. The molecule has 2 saturated heterocycles. The number of carbonyl (C=O) groups is 1. The molecule has 31 heavy (non-hydrogen) atoms. The Bertz CT molecular complexity index is 1030. The maximum absolute atomic E-state index is 13.4. The molecule has 1 aromatic heterocycles. The first kappa shape index (κ1) is 19.9. The lowest BCUT2D eigenvalue weighted by atomic mass is 9.76.